The van der Waals surface area contributed by atoms with Gasteiger partial charge in [-0.15, -0.1) is 0 Å². The number of carbonyl (C=O) groups is 1. The molecule has 0 spiro atoms. The molecule has 1 saturated heterocycles. The molecule has 0 bridgehead atoms. The largest absolute Gasteiger partial charge is 0.382 e. The lowest BCUT2D eigenvalue weighted by atomic mass is 10.1. The summed E-state index contributed by atoms with van der Waals surface area (Å²) < 4.78 is 26.7. The van der Waals surface area contributed by atoms with Gasteiger partial charge >= 0.3 is 0 Å². The first kappa shape index (κ1) is 14.7. The molecule has 2 heterocycles. The summed E-state index contributed by atoms with van der Waals surface area (Å²) >= 11 is 0. The van der Waals surface area contributed by atoms with Crippen LogP contribution in [0.3, 0.4) is 0 Å². The molecule has 2 aliphatic heterocycles. The third-order valence-electron chi connectivity index (χ3n) is 3.93. The van der Waals surface area contributed by atoms with Gasteiger partial charge in [0.2, 0.25) is 6.10 Å². The van der Waals surface area contributed by atoms with Crippen LogP contribution in [0.2, 0.25) is 0 Å². The standard InChI is InChI=1S/C15H17F2N3O2/c1-10-8-14(22-18-10)15(21)20-6-4-19(5-7-20)13-3-2-11(16)9-12(13)17/h2-3,9,14H,4-8H2,1H3/t14-/m1/s1. The zero-order valence-corrected chi connectivity index (χ0v) is 12.3. The van der Waals surface area contributed by atoms with E-state index in [9.17, 15) is 13.6 Å². The molecule has 3 rings (SSSR count). The molecule has 22 heavy (non-hydrogen) atoms. The lowest BCUT2D eigenvalue weighted by Crippen LogP contribution is -2.51. The highest BCUT2D eigenvalue weighted by atomic mass is 19.1. The van der Waals surface area contributed by atoms with E-state index in [1.807, 2.05) is 11.8 Å². The summed E-state index contributed by atoms with van der Waals surface area (Å²) in [7, 11) is 0. The van der Waals surface area contributed by atoms with Crippen LogP contribution in [-0.4, -0.2) is 48.8 Å². The van der Waals surface area contributed by atoms with Crippen molar-refractivity contribution in [1.29, 1.82) is 0 Å². The van der Waals surface area contributed by atoms with Crippen molar-refractivity contribution in [3.63, 3.8) is 0 Å². The van der Waals surface area contributed by atoms with Gasteiger partial charge in [-0.05, 0) is 19.1 Å². The number of hydrogen-bond acceptors (Lipinski definition) is 4. The highest BCUT2D eigenvalue weighted by Gasteiger charge is 2.32. The van der Waals surface area contributed by atoms with Gasteiger partial charge < -0.3 is 14.6 Å². The number of benzene rings is 1. The van der Waals surface area contributed by atoms with Gasteiger partial charge in [0.05, 0.1) is 11.4 Å². The first-order valence-electron chi connectivity index (χ1n) is 7.22. The van der Waals surface area contributed by atoms with Crippen LogP contribution in [0.1, 0.15) is 13.3 Å². The summed E-state index contributed by atoms with van der Waals surface area (Å²) in [6.07, 6.45) is -0.0138. The van der Waals surface area contributed by atoms with E-state index >= 15 is 0 Å². The van der Waals surface area contributed by atoms with Crippen molar-refractivity contribution in [1.82, 2.24) is 4.90 Å². The number of amides is 1. The first-order valence-corrected chi connectivity index (χ1v) is 7.22. The van der Waals surface area contributed by atoms with Crippen LogP contribution in [0.5, 0.6) is 0 Å². The Labute approximate surface area is 127 Å². The molecule has 1 fully saturated rings. The molecule has 0 saturated carbocycles. The number of anilines is 1. The third kappa shape index (κ3) is 2.88. The Kier molecular flexibility index (Phi) is 3.96. The Balaban J connectivity index is 1.59. The van der Waals surface area contributed by atoms with Crippen LogP contribution in [-0.2, 0) is 9.63 Å². The second-order valence-corrected chi connectivity index (χ2v) is 5.53. The van der Waals surface area contributed by atoms with Gasteiger partial charge in [0, 0.05) is 38.7 Å². The number of halogens is 2. The number of oxime groups is 1. The lowest BCUT2D eigenvalue weighted by Gasteiger charge is -2.36. The summed E-state index contributed by atoms with van der Waals surface area (Å²) in [6.45, 7) is 3.79. The Hall–Kier alpha value is -2.18. The van der Waals surface area contributed by atoms with E-state index in [0.717, 1.165) is 11.8 Å². The number of hydrogen-bond donors (Lipinski definition) is 0. The van der Waals surface area contributed by atoms with Gasteiger partial charge in [-0.2, -0.15) is 0 Å². The topological polar surface area (TPSA) is 45.1 Å². The van der Waals surface area contributed by atoms with Crippen molar-refractivity contribution in [2.45, 2.75) is 19.4 Å². The Morgan fingerprint density at radius 1 is 1.27 bits per heavy atom. The average molecular weight is 309 g/mol. The van der Waals surface area contributed by atoms with E-state index in [2.05, 4.69) is 5.16 Å². The van der Waals surface area contributed by atoms with Crippen molar-refractivity contribution in [3.8, 4) is 0 Å². The smallest absolute Gasteiger partial charge is 0.267 e. The number of carbonyl (C=O) groups excluding carboxylic acids is 1. The van der Waals surface area contributed by atoms with E-state index in [1.165, 1.54) is 12.1 Å². The maximum atomic E-state index is 13.8. The van der Waals surface area contributed by atoms with Gasteiger partial charge in [0.15, 0.2) is 0 Å². The van der Waals surface area contributed by atoms with E-state index in [0.29, 0.717) is 38.3 Å². The highest BCUT2D eigenvalue weighted by Crippen LogP contribution is 2.22. The minimum Gasteiger partial charge on any atom is -0.382 e. The fourth-order valence-corrected chi connectivity index (χ4v) is 2.74. The quantitative estimate of drug-likeness (QED) is 0.836. The van der Waals surface area contributed by atoms with Crippen LogP contribution in [0.25, 0.3) is 0 Å². The number of nitrogens with zero attached hydrogens (tertiary/aromatic N) is 3. The summed E-state index contributed by atoms with van der Waals surface area (Å²) in [5.41, 5.74) is 1.18. The molecule has 0 N–H and O–H groups in total. The molecule has 1 amide bonds. The van der Waals surface area contributed by atoms with Gasteiger partial charge in [-0.1, -0.05) is 5.16 Å². The molecular formula is C15H17F2N3O2. The van der Waals surface area contributed by atoms with Gasteiger partial charge in [0.25, 0.3) is 5.91 Å². The predicted molar refractivity (Wildman–Crippen MR) is 77.8 cm³/mol. The Morgan fingerprint density at radius 3 is 2.59 bits per heavy atom. The second kappa shape index (κ2) is 5.90. The third-order valence-corrected chi connectivity index (χ3v) is 3.93. The van der Waals surface area contributed by atoms with Crippen LogP contribution >= 0.6 is 0 Å². The maximum absolute atomic E-state index is 13.8. The maximum Gasteiger partial charge on any atom is 0.267 e. The molecule has 1 aromatic carbocycles. The summed E-state index contributed by atoms with van der Waals surface area (Å²) in [4.78, 5) is 20.9. The molecule has 5 nitrogen and oxygen atoms in total. The Morgan fingerprint density at radius 2 is 2.00 bits per heavy atom. The van der Waals surface area contributed by atoms with Crippen molar-refractivity contribution in [2.24, 2.45) is 5.16 Å². The van der Waals surface area contributed by atoms with Gasteiger partial charge in [0.1, 0.15) is 11.6 Å². The summed E-state index contributed by atoms with van der Waals surface area (Å²) in [6, 6.07) is 3.54. The summed E-state index contributed by atoms with van der Waals surface area (Å²) in [5.74, 6) is -1.26. The Bertz CT molecular complexity index is 613. The van der Waals surface area contributed by atoms with E-state index in [1.54, 1.807) is 4.90 Å². The zero-order chi connectivity index (χ0) is 15.7. The lowest BCUT2D eigenvalue weighted by molar-refractivity contribution is -0.142. The minimum absolute atomic E-state index is 0.0835. The molecule has 1 atom stereocenters. The predicted octanol–water partition coefficient (Wildman–Crippen LogP) is 1.78. The monoisotopic (exact) mass is 309 g/mol. The minimum atomic E-state index is -0.594. The normalized spacial score (nSPS) is 21.6. The molecule has 0 unspecified atom stereocenters. The van der Waals surface area contributed by atoms with Crippen molar-refractivity contribution < 1.29 is 18.4 Å². The van der Waals surface area contributed by atoms with E-state index < -0.39 is 17.7 Å². The molecule has 7 heteroatoms. The van der Waals surface area contributed by atoms with E-state index in [4.69, 9.17) is 4.84 Å². The van der Waals surface area contributed by atoms with E-state index in [-0.39, 0.29) is 5.91 Å². The van der Waals surface area contributed by atoms with Gasteiger partial charge in [-0.25, -0.2) is 8.78 Å². The SMILES string of the molecule is CC1=NO[C@@H](C(=O)N2CCN(c3ccc(F)cc3F)CC2)C1. The number of rotatable bonds is 2. The summed E-state index contributed by atoms with van der Waals surface area (Å²) in [5, 5.41) is 3.79. The van der Waals surface area contributed by atoms with Crippen LogP contribution < -0.4 is 4.90 Å². The van der Waals surface area contributed by atoms with Crippen LogP contribution in [0, 0.1) is 11.6 Å². The fourth-order valence-electron chi connectivity index (χ4n) is 2.74. The molecule has 0 aromatic heterocycles. The fraction of sp³-hybridized carbons (Fsp3) is 0.467. The second-order valence-electron chi connectivity index (χ2n) is 5.53. The van der Waals surface area contributed by atoms with Crippen LogP contribution in [0.4, 0.5) is 14.5 Å². The molecule has 0 aliphatic carbocycles. The molecular weight excluding hydrogens is 292 g/mol. The average Bonchev–Trinajstić information content (AvgIpc) is 2.93. The molecule has 0 radical (unpaired) electrons. The number of piperazine rings is 1. The molecule has 1 aromatic rings. The molecule has 2 aliphatic rings. The molecule has 118 valence electrons. The zero-order valence-electron chi connectivity index (χ0n) is 12.3. The first-order chi connectivity index (χ1) is 10.5. The van der Waals surface area contributed by atoms with Crippen molar-refractivity contribution >= 4 is 17.3 Å². The van der Waals surface area contributed by atoms with Crippen molar-refractivity contribution in [2.75, 3.05) is 31.1 Å². The highest BCUT2D eigenvalue weighted by molar-refractivity contribution is 5.91. The van der Waals surface area contributed by atoms with Gasteiger partial charge in [-0.3, -0.25) is 4.79 Å². The van der Waals surface area contributed by atoms with Crippen molar-refractivity contribution in [3.05, 3.63) is 29.8 Å². The van der Waals surface area contributed by atoms with Crippen LogP contribution in [0.15, 0.2) is 23.4 Å².